The van der Waals surface area contributed by atoms with Gasteiger partial charge in [0.05, 0.1) is 0 Å². The van der Waals surface area contributed by atoms with E-state index in [4.69, 9.17) is 17.7 Å². The highest BCUT2D eigenvalue weighted by atomic mass is 16.3. The molecule has 4 heterocycles. The third-order valence-corrected chi connectivity index (χ3v) is 12.1. The number of furan rings is 4. The molecule has 4 heteroatoms. The van der Waals surface area contributed by atoms with Gasteiger partial charge in [-0.2, -0.15) is 0 Å². The van der Waals surface area contributed by atoms with Crippen molar-refractivity contribution in [3.05, 3.63) is 156 Å². The van der Waals surface area contributed by atoms with Crippen molar-refractivity contribution >= 4 is 87.8 Å². The van der Waals surface area contributed by atoms with Crippen molar-refractivity contribution in [1.82, 2.24) is 0 Å². The molecule has 0 unspecified atom stereocenters. The van der Waals surface area contributed by atoms with Crippen molar-refractivity contribution in [3.8, 4) is 33.4 Å². The molecular formula is C52H34O4. The Hall–Kier alpha value is -7.04. The maximum Gasteiger partial charge on any atom is 0.138 e. The highest BCUT2D eigenvalue weighted by molar-refractivity contribution is 6.13. The molecular weight excluding hydrogens is 689 g/mol. The first-order valence-electron chi connectivity index (χ1n) is 19.1. The van der Waals surface area contributed by atoms with E-state index < -0.39 is 0 Å². The number of para-hydroxylation sites is 1. The Morgan fingerprint density at radius 3 is 1.20 bits per heavy atom. The van der Waals surface area contributed by atoms with Gasteiger partial charge in [-0.1, -0.05) is 66.2 Å². The summed E-state index contributed by atoms with van der Waals surface area (Å²) in [5.41, 5.74) is 18.7. The summed E-state index contributed by atoms with van der Waals surface area (Å²) in [6.07, 6.45) is 0. The van der Waals surface area contributed by atoms with Crippen molar-refractivity contribution < 1.29 is 17.7 Å². The lowest BCUT2D eigenvalue weighted by Gasteiger charge is -2.10. The van der Waals surface area contributed by atoms with E-state index in [1.165, 1.54) is 5.56 Å². The summed E-state index contributed by atoms with van der Waals surface area (Å²) in [5, 5.41) is 8.99. The molecule has 0 spiro atoms. The molecule has 4 aromatic heterocycles. The van der Waals surface area contributed by atoms with Gasteiger partial charge in [-0.15, -0.1) is 0 Å². The van der Waals surface area contributed by atoms with Crippen molar-refractivity contribution in [1.29, 1.82) is 0 Å². The highest BCUT2D eigenvalue weighted by Gasteiger charge is 2.19. The van der Waals surface area contributed by atoms with Gasteiger partial charge in [0.25, 0.3) is 0 Å². The molecule has 56 heavy (non-hydrogen) atoms. The number of fused-ring (bicyclic) bond motifs is 12. The molecule has 0 radical (unpaired) electrons. The Kier molecular flexibility index (Phi) is 6.29. The first-order valence-corrected chi connectivity index (χ1v) is 19.1. The molecule has 4 nitrogen and oxygen atoms in total. The summed E-state index contributed by atoms with van der Waals surface area (Å²) in [5.74, 6) is 0. The molecule has 0 aliphatic heterocycles. The average molecular weight is 723 g/mol. The Bertz CT molecular complexity index is 3500. The fourth-order valence-electron chi connectivity index (χ4n) is 9.08. The van der Waals surface area contributed by atoms with E-state index in [9.17, 15) is 0 Å². The first kappa shape index (κ1) is 31.3. The van der Waals surface area contributed by atoms with Crippen LogP contribution in [0.4, 0.5) is 0 Å². The predicted octanol–water partition coefficient (Wildman–Crippen LogP) is 15.5. The zero-order chi connectivity index (χ0) is 37.4. The molecule has 0 N–H and O–H groups in total. The molecule has 0 aliphatic carbocycles. The first-order chi connectivity index (χ1) is 27.4. The minimum Gasteiger partial charge on any atom is -0.456 e. The standard InChI is InChI=1S/C52H34O4/c1-27-8-17-45-40(22-27)44-26-34(9-18-46(44)53-45)33-12-21-49-43(25-33)39-16-14-36(30(4)52(39)56-49)35-13-15-38-42-24-32(11-20-48(42)55-51(38)29(35)3)31-10-19-47-41(23-31)37-7-5-6-28(2)50(37)54-47/h5-26H,1-4H3. The van der Waals surface area contributed by atoms with Crippen LogP contribution in [-0.2, 0) is 0 Å². The van der Waals surface area contributed by atoms with Crippen molar-refractivity contribution in [2.24, 2.45) is 0 Å². The molecule has 266 valence electrons. The van der Waals surface area contributed by atoms with Crippen LogP contribution in [0.25, 0.3) is 121 Å². The predicted molar refractivity (Wildman–Crippen MR) is 231 cm³/mol. The van der Waals surface area contributed by atoms with Gasteiger partial charge >= 0.3 is 0 Å². The monoisotopic (exact) mass is 722 g/mol. The third kappa shape index (κ3) is 4.41. The zero-order valence-corrected chi connectivity index (χ0v) is 31.3. The minimum atomic E-state index is 0.880. The summed E-state index contributed by atoms with van der Waals surface area (Å²) in [4.78, 5) is 0. The maximum absolute atomic E-state index is 6.60. The number of rotatable bonds is 3. The molecule has 12 rings (SSSR count). The van der Waals surface area contributed by atoms with Gasteiger partial charge in [0.15, 0.2) is 0 Å². The summed E-state index contributed by atoms with van der Waals surface area (Å²) in [7, 11) is 0. The number of benzene rings is 8. The van der Waals surface area contributed by atoms with E-state index in [0.717, 1.165) is 138 Å². The van der Waals surface area contributed by atoms with E-state index in [1.54, 1.807) is 0 Å². The van der Waals surface area contributed by atoms with E-state index in [-0.39, 0.29) is 0 Å². The van der Waals surface area contributed by atoms with Crippen LogP contribution in [0, 0.1) is 27.7 Å². The summed E-state index contributed by atoms with van der Waals surface area (Å²) < 4.78 is 25.6. The van der Waals surface area contributed by atoms with Gasteiger partial charge in [0.2, 0.25) is 0 Å². The topological polar surface area (TPSA) is 52.6 Å². The molecule has 8 aromatic carbocycles. The summed E-state index contributed by atoms with van der Waals surface area (Å²) in [6, 6.07) is 47.5. The van der Waals surface area contributed by atoms with Gasteiger partial charge in [-0.3, -0.25) is 0 Å². The lowest BCUT2D eigenvalue weighted by molar-refractivity contribution is 0.665. The zero-order valence-electron chi connectivity index (χ0n) is 31.3. The Labute approximate surface area is 321 Å². The molecule has 0 atom stereocenters. The van der Waals surface area contributed by atoms with Crippen molar-refractivity contribution in [2.45, 2.75) is 27.7 Å². The lowest BCUT2D eigenvalue weighted by Crippen LogP contribution is -1.88. The Balaban J connectivity index is 0.931. The average Bonchev–Trinajstić information content (AvgIpc) is 3.99. The van der Waals surface area contributed by atoms with Crippen LogP contribution >= 0.6 is 0 Å². The Morgan fingerprint density at radius 1 is 0.304 bits per heavy atom. The second-order valence-corrected chi connectivity index (χ2v) is 15.4. The van der Waals surface area contributed by atoms with Crippen molar-refractivity contribution in [3.63, 3.8) is 0 Å². The van der Waals surface area contributed by atoms with Crippen LogP contribution < -0.4 is 0 Å². The summed E-state index contributed by atoms with van der Waals surface area (Å²) in [6.45, 7) is 8.54. The maximum atomic E-state index is 6.60. The van der Waals surface area contributed by atoms with E-state index in [1.807, 2.05) is 0 Å². The van der Waals surface area contributed by atoms with Crippen molar-refractivity contribution in [2.75, 3.05) is 0 Å². The molecule has 0 saturated carbocycles. The normalized spacial score (nSPS) is 12.3. The molecule has 0 aliphatic rings. The van der Waals surface area contributed by atoms with Gasteiger partial charge in [-0.25, -0.2) is 0 Å². The second-order valence-electron chi connectivity index (χ2n) is 15.4. The summed E-state index contributed by atoms with van der Waals surface area (Å²) >= 11 is 0. The molecule has 0 amide bonds. The van der Waals surface area contributed by atoms with Gasteiger partial charge < -0.3 is 17.7 Å². The fraction of sp³-hybridized carbons (Fsp3) is 0.0769. The third-order valence-electron chi connectivity index (χ3n) is 12.1. The van der Waals surface area contributed by atoms with Crippen LogP contribution in [-0.4, -0.2) is 0 Å². The molecule has 0 fully saturated rings. The molecule has 0 bridgehead atoms. The fourth-order valence-corrected chi connectivity index (χ4v) is 9.08. The van der Waals surface area contributed by atoms with Crippen LogP contribution in [0.15, 0.2) is 151 Å². The van der Waals surface area contributed by atoms with E-state index in [0.29, 0.717) is 0 Å². The van der Waals surface area contributed by atoms with Gasteiger partial charge in [0, 0.05) is 54.2 Å². The van der Waals surface area contributed by atoms with Crippen LogP contribution in [0.3, 0.4) is 0 Å². The minimum absolute atomic E-state index is 0.880. The smallest absolute Gasteiger partial charge is 0.138 e. The Morgan fingerprint density at radius 2 is 0.696 bits per heavy atom. The quantitative estimate of drug-likeness (QED) is 0.182. The second kappa shape index (κ2) is 11.2. The van der Waals surface area contributed by atoms with Crippen LogP contribution in [0.2, 0.25) is 0 Å². The van der Waals surface area contributed by atoms with Crippen LogP contribution in [0.5, 0.6) is 0 Å². The van der Waals surface area contributed by atoms with Crippen LogP contribution in [0.1, 0.15) is 22.3 Å². The largest absolute Gasteiger partial charge is 0.456 e. The van der Waals surface area contributed by atoms with Gasteiger partial charge in [-0.05, 0) is 139 Å². The van der Waals surface area contributed by atoms with E-state index >= 15 is 0 Å². The highest BCUT2D eigenvalue weighted by Crippen LogP contribution is 2.43. The number of hydrogen-bond donors (Lipinski definition) is 0. The number of aryl methyl sites for hydroxylation is 4. The SMILES string of the molecule is Cc1ccc2oc3ccc(-c4ccc5oc6c(C)c(-c7ccc8c(oc9ccc(-c%10ccc%11oc%12c(C)cccc%12c%11c%10)cc98)c7C)ccc6c5c4)cc3c2c1. The van der Waals surface area contributed by atoms with Gasteiger partial charge in [0.1, 0.15) is 44.7 Å². The molecule has 0 saturated heterocycles. The van der Waals surface area contributed by atoms with E-state index in [2.05, 4.69) is 161 Å². The number of hydrogen-bond acceptors (Lipinski definition) is 4. The molecule has 12 aromatic rings. The lowest BCUT2D eigenvalue weighted by atomic mass is 9.93.